The number of rotatable bonds is 2. The Kier molecular flexibility index (Phi) is 2.40. The van der Waals surface area contributed by atoms with Gasteiger partial charge in [-0.2, -0.15) is 0 Å². The SMILES string of the molecule is O=C(O)C(=O)NNC12CC3CC(CC(C3)C1)C2. The molecule has 0 aliphatic heterocycles. The van der Waals surface area contributed by atoms with Crippen LogP contribution in [0.4, 0.5) is 0 Å². The van der Waals surface area contributed by atoms with E-state index in [0.717, 1.165) is 37.0 Å². The molecule has 17 heavy (non-hydrogen) atoms. The average Bonchev–Trinajstić information content (AvgIpc) is 2.24. The van der Waals surface area contributed by atoms with Crippen LogP contribution in [-0.4, -0.2) is 22.5 Å². The number of carboxylic acid groups (broad SMARTS) is 1. The van der Waals surface area contributed by atoms with Gasteiger partial charge in [0.25, 0.3) is 0 Å². The first-order valence-electron chi connectivity index (χ1n) is 6.37. The first-order valence-corrected chi connectivity index (χ1v) is 6.37. The lowest BCUT2D eigenvalue weighted by atomic mass is 9.53. The Hall–Kier alpha value is -1.10. The summed E-state index contributed by atoms with van der Waals surface area (Å²) in [6, 6.07) is 0. The summed E-state index contributed by atoms with van der Waals surface area (Å²) in [7, 11) is 0. The van der Waals surface area contributed by atoms with Crippen LogP contribution in [0, 0.1) is 17.8 Å². The molecular formula is C12H18N2O3. The molecule has 0 saturated heterocycles. The zero-order chi connectivity index (χ0) is 12.0. The fourth-order valence-electron chi connectivity index (χ4n) is 4.51. The topological polar surface area (TPSA) is 78.4 Å². The van der Waals surface area contributed by atoms with Crippen LogP contribution in [0.1, 0.15) is 38.5 Å². The summed E-state index contributed by atoms with van der Waals surface area (Å²) in [6.45, 7) is 0. The summed E-state index contributed by atoms with van der Waals surface area (Å²) < 4.78 is 0. The smallest absolute Gasteiger partial charge is 0.395 e. The van der Waals surface area contributed by atoms with Gasteiger partial charge in [-0.3, -0.25) is 10.2 Å². The number of aliphatic carboxylic acids is 1. The van der Waals surface area contributed by atoms with E-state index in [0.29, 0.717) is 0 Å². The zero-order valence-electron chi connectivity index (χ0n) is 9.74. The lowest BCUT2D eigenvalue weighted by molar-refractivity contribution is -0.151. The Labute approximate surface area is 99.9 Å². The van der Waals surface area contributed by atoms with Gasteiger partial charge in [0.1, 0.15) is 0 Å². The molecule has 0 heterocycles. The van der Waals surface area contributed by atoms with Crippen molar-refractivity contribution >= 4 is 11.9 Å². The van der Waals surface area contributed by atoms with Crippen LogP contribution in [0.2, 0.25) is 0 Å². The van der Waals surface area contributed by atoms with Crippen molar-refractivity contribution in [1.82, 2.24) is 10.9 Å². The van der Waals surface area contributed by atoms with Crippen LogP contribution in [-0.2, 0) is 9.59 Å². The monoisotopic (exact) mass is 238 g/mol. The summed E-state index contributed by atoms with van der Waals surface area (Å²) in [5.74, 6) is -0.0654. The number of hydrazine groups is 1. The van der Waals surface area contributed by atoms with Gasteiger partial charge in [-0.05, 0) is 56.3 Å². The number of hydrogen-bond acceptors (Lipinski definition) is 3. The quantitative estimate of drug-likeness (QED) is 0.488. The molecule has 4 saturated carbocycles. The molecule has 4 fully saturated rings. The molecular weight excluding hydrogens is 220 g/mol. The van der Waals surface area contributed by atoms with E-state index in [2.05, 4.69) is 10.9 Å². The molecule has 4 bridgehead atoms. The zero-order valence-corrected chi connectivity index (χ0v) is 9.74. The molecule has 94 valence electrons. The Bertz CT molecular complexity index is 331. The van der Waals surface area contributed by atoms with E-state index >= 15 is 0 Å². The maximum absolute atomic E-state index is 11.1. The number of carboxylic acids is 1. The second kappa shape index (κ2) is 3.70. The third-order valence-corrected chi connectivity index (χ3v) is 4.67. The van der Waals surface area contributed by atoms with E-state index in [9.17, 15) is 9.59 Å². The van der Waals surface area contributed by atoms with E-state index in [1.165, 1.54) is 19.3 Å². The van der Waals surface area contributed by atoms with E-state index in [1.54, 1.807) is 0 Å². The average molecular weight is 238 g/mol. The summed E-state index contributed by atoms with van der Waals surface area (Å²) in [6.07, 6.45) is 7.23. The van der Waals surface area contributed by atoms with Crippen LogP contribution in [0.5, 0.6) is 0 Å². The van der Waals surface area contributed by atoms with Gasteiger partial charge in [0.15, 0.2) is 0 Å². The Morgan fingerprint density at radius 1 is 1.00 bits per heavy atom. The van der Waals surface area contributed by atoms with Crippen molar-refractivity contribution in [2.75, 3.05) is 0 Å². The number of amides is 1. The maximum atomic E-state index is 11.1. The van der Waals surface area contributed by atoms with E-state index < -0.39 is 11.9 Å². The number of nitrogens with one attached hydrogen (secondary N) is 2. The van der Waals surface area contributed by atoms with Crippen LogP contribution in [0.15, 0.2) is 0 Å². The lowest BCUT2D eigenvalue weighted by Crippen LogP contribution is -2.63. The van der Waals surface area contributed by atoms with Gasteiger partial charge >= 0.3 is 11.9 Å². The minimum atomic E-state index is -1.43. The fraction of sp³-hybridized carbons (Fsp3) is 0.833. The molecule has 0 atom stereocenters. The molecule has 5 heteroatoms. The third-order valence-electron chi connectivity index (χ3n) is 4.67. The summed E-state index contributed by atoms with van der Waals surface area (Å²) >= 11 is 0. The van der Waals surface area contributed by atoms with Gasteiger partial charge in [0.05, 0.1) is 0 Å². The standard InChI is InChI=1S/C12H18N2O3/c15-10(11(16)17)13-14-12-4-7-1-8(5-12)3-9(2-7)6-12/h7-9,14H,1-6H2,(H,13,15)(H,16,17). The van der Waals surface area contributed by atoms with Crippen molar-refractivity contribution < 1.29 is 14.7 Å². The number of carbonyl (C=O) groups is 2. The molecule has 4 aliphatic carbocycles. The molecule has 0 aromatic heterocycles. The minimum Gasteiger partial charge on any atom is -0.474 e. The first-order chi connectivity index (χ1) is 8.06. The normalized spacial score (nSPS) is 42.5. The molecule has 0 spiro atoms. The van der Waals surface area contributed by atoms with Crippen LogP contribution < -0.4 is 10.9 Å². The van der Waals surface area contributed by atoms with Gasteiger partial charge in [-0.1, -0.05) is 0 Å². The van der Waals surface area contributed by atoms with Gasteiger partial charge in [-0.25, -0.2) is 10.2 Å². The number of carbonyl (C=O) groups excluding carboxylic acids is 1. The highest BCUT2D eigenvalue weighted by Gasteiger charge is 2.51. The van der Waals surface area contributed by atoms with Gasteiger partial charge in [0, 0.05) is 5.54 Å². The molecule has 0 unspecified atom stereocenters. The molecule has 0 radical (unpaired) electrons. The van der Waals surface area contributed by atoms with Crippen LogP contribution >= 0.6 is 0 Å². The van der Waals surface area contributed by atoms with Crippen LogP contribution in [0.25, 0.3) is 0 Å². The second-order valence-corrected chi connectivity index (χ2v) is 6.08. The van der Waals surface area contributed by atoms with E-state index in [4.69, 9.17) is 5.11 Å². The maximum Gasteiger partial charge on any atom is 0.395 e. The fourth-order valence-corrected chi connectivity index (χ4v) is 4.51. The highest BCUT2D eigenvalue weighted by molar-refractivity contribution is 6.31. The molecule has 5 nitrogen and oxygen atoms in total. The van der Waals surface area contributed by atoms with Gasteiger partial charge in [-0.15, -0.1) is 0 Å². The minimum absolute atomic E-state index is 0.0279. The predicted molar refractivity (Wildman–Crippen MR) is 59.8 cm³/mol. The van der Waals surface area contributed by atoms with Crippen LogP contribution in [0.3, 0.4) is 0 Å². The molecule has 0 aromatic carbocycles. The molecule has 1 amide bonds. The Morgan fingerprint density at radius 2 is 1.47 bits per heavy atom. The summed E-state index contributed by atoms with van der Waals surface area (Å²) in [4.78, 5) is 21.5. The molecule has 4 rings (SSSR count). The largest absolute Gasteiger partial charge is 0.474 e. The first kappa shape index (κ1) is 11.0. The van der Waals surface area contributed by atoms with Crippen molar-refractivity contribution in [3.8, 4) is 0 Å². The molecule has 3 N–H and O–H groups in total. The molecule has 0 aromatic rings. The Balaban J connectivity index is 1.66. The third kappa shape index (κ3) is 1.92. The van der Waals surface area contributed by atoms with Crippen molar-refractivity contribution in [1.29, 1.82) is 0 Å². The van der Waals surface area contributed by atoms with E-state index in [1.807, 2.05) is 0 Å². The van der Waals surface area contributed by atoms with Crippen molar-refractivity contribution in [2.45, 2.75) is 44.1 Å². The van der Waals surface area contributed by atoms with Crippen molar-refractivity contribution in [2.24, 2.45) is 17.8 Å². The Morgan fingerprint density at radius 3 is 1.88 bits per heavy atom. The van der Waals surface area contributed by atoms with Gasteiger partial charge < -0.3 is 5.11 Å². The molecule has 4 aliphatic rings. The highest BCUT2D eigenvalue weighted by atomic mass is 16.4. The summed E-state index contributed by atoms with van der Waals surface area (Å²) in [5, 5.41) is 8.54. The van der Waals surface area contributed by atoms with E-state index in [-0.39, 0.29) is 5.54 Å². The summed E-state index contributed by atoms with van der Waals surface area (Å²) in [5.41, 5.74) is 5.35. The van der Waals surface area contributed by atoms with Crippen molar-refractivity contribution in [3.05, 3.63) is 0 Å². The van der Waals surface area contributed by atoms with Crippen molar-refractivity contribution in [3.63, 3.8) is 0 Å². The predicted octanol–water partition coefficient (Wildman–Crippen LogP) is 0.661. The number of hydrogen-bond donors (Lipinski definition) is 3. The highest BCUT2D eigenvalue weighted by Crippen LogP contribution is 2.55. The lowest BCUT2D eigenvalue weighted by Gasteiger charge is -2.56. The van der Waals surface area contributed by atoms with Gasteiger partial charge in [0.2, 0.25) is 0 Å². The second-order valence-electron chi connectivity index (χ2n) is 6.08.